The molecule has 0 aliphatic carbocycles. The molecule has 2 amide bonds. The summed E-state index contributed by atoms with van der Waals surface area (Å²) in [6.45, 7) is 0. The second-order valence-corrected chi connectivity index (χ2v) is 7.19. The minimum absolute atomic E-state index is 0.236. The number of halogens is 6. The Morgan fingerprint density at radius 2 is 1.43 bits per heavy atom. The summed E-state index contributed by atoms with van der Waals surface area (Å²) in [5, 5.41) is 0. The Hall–Kier alpha value is -3.29. The maximum Gasteiger partial charge on any atom is 0.573 e. The Morgan fingerprint density at radius 1 is 0.833 bits per heavy atom. The molecule has 0 unspecified atom stereocenters. The van der Waals surface area contributed by atoms with Gasteiger partial charge in [-0.15, -0.1) is 13.2 Å². The fourth-order valence-electron chi connectivity index (χ4n) is 2.52. The van der Waals surface area contributed by atoms with Crippen LogP contribution in [-0.4, -0.2) is 32.1 Å². The molecule has 1 heterocycles. The number of carbonyl (C=O) groups is 2. The van der Waals surface area contributed by atoms with Crippen molar-refractivity contribution in [3.05, 3.63) is 53.6 Å². The summed E-state index contributed by atoms with van der Waals surface area (Å²) < 4.78 is 105. The second-order valence-electron chi connectivity index (χ2n) is 5.65. The first kappa shape index (κ1) is 21.4. The summed E-state index contributed by atoms with van der Waals surface area (Å²) in [5.74, 6) is -3.95. The van der Waals surface area contributed by atoms with Crippen molar-refractivity contribution >= 4 is 27.6 Å². The van der Waals surface area contributed by atoms with Crippen molar-refractivity contribution in [2.45, 2.75) is 11.9 Å². The van der Waals surface area contributed by atoms with Gasteiger partial charge in [0.1, 0.15) is 5.75 Å². The molecule has 0 spiro atoms. The van der Waals surface area contributed by atoms with Gasteiger partial charge in [0, 0.05) is 0 Å². The maximum atomic E-state index is 12.6. The number of rotatable bonds is 4. The number of benzene rings is 2. The predicted molar refractivity (Wildman–Crippen MR) is 86.3 cm³/mol. The lowest BCUT2D eigenvalue weighted by Gasteiger charge is -2.15. The molecule has 0 N–H and O–H groups in total. The van der Waals surface area contributed by atoms with Gasteiger partial charge in [-0.3, -0.25) is 9.59 Å². The molecule has 0 atom stereocenters. The summed E-state index contributed by atoms with van der Waals surface area (Å²) in [4.78, 5) is 25.6. The highest BCUT2D eigenvalue weighted by molar-refractivity contribution is 7.88. The molecule has 2 aromatic rings. The number of hydrogen-bond donors (Lipinski definition) is 0. The average molecular weight is 455 g/mol. The van der Waals surface area contributed by atoms with E-state index in [2.05, 4.69) is 8.92 Å². The molecule has 0 radical (unpaired) electrons. The lowest BCUT2D eigenvalue weighted by molar-refractivity contribution is -0.274. The number of anilines is 1. The lowest BCUT2D eigenvalue weighted by Crippen LogP contribution is -2.30. The Labute approximate surface area is 163 Å². The molecule has 160 valence electrons. The Balaban J connectivity index is 1.96. The van der Waals surface area contributed by atoms with Gasteiger partial charge in [0.15, 0.2) is 5.75 Å². The van der Waals surface area contributed by atoms with E-state index in [0.29, 0.717) is 4.90 Å². The van der Waals surface area contributed by atoms with Crippen LogP contribution in [0.15, 0.2) is 42.5 Å². The molecule has 14 heteroatoms. The quantitative estimate of drug-likeness (QED) is 0.303. The normalized spacial score (nSPS) is 14.7. The molecule has 3 rings (SSSR count). The smallest absolute Gasteiger partial charge is 0.406 e. The molecule has 30 heavy (non-hydrogen) atoms. The minimum Gasteiger partial charge on any atom is -0.406 e. The molecule has 7 nitrogen and oxygen atoms in total. The highest BCUT2D eigenvalue weighted by Crippen LogP contribution is 2.37. The first-order valence-corrected chi connectivity index (χ1v) is 9.00. The largest absolute Gasteiger partial charge is 0.573 e. The Bertz CT molecular complexity index is 1120. The van der Waals surface area contributed by atoms with Crippen LogP contribution in [0, 0.1) is 0 Å². The summed E-state index contributed by atoms with van der Waals surface area (Å²) in [7, 11) is -6.12. The summed E-state index contributed by atoms with van der Waals surface area (Å²) in [6.07, 6.45) is -4.98. The van der Waals surface area contributed by atoms with E-state index < -0.39 is 56.4 Å². The van der Waals surface area contributed by atoms with Crippen LogP contribution >= 0.6 is 0 Å². The Morgan fingerprint density at radius 3 is 1.97 bits per heavy atom. The first-order valence-electron chi connectivity index (χ1n) is 7.59. The number of amides is 2. The van der Waals surface area contributed by atoms with Crippen molar-refractivity contribution in [1.82, 2.24) is 0 Å². The van der Waals surface area contributed by atoms with Crippen LogP contribution in [0.25, 0.3) is 0 Å². The first-order chi connectivity index (χ1) is 13.7. The lowest BCUT2D eigenvalue weighted by atomic mass is 10.1. The van der Waals surface area contributed by atoms with Crippen molar-refractivity contribution in [2.75, 3.05) is 4.90 Å². The highest BCUT2D eigenvalue weighted by Gasteiger charge is 2.50. The molecule has 0 bridgehead atoms. The monoisotopic (exact) mass is 455 g/mol. The van der Waals surface area contributed by atoms with Crippen molar-refractivity contribution in [3.63, 3.8) is 0 Å². The molecule has 1 aliphatic rings. The number of nitrogens with zero attached hydrogens (tertiary/aromatic N) is 1. The van der Waals surface area contributed by atoms with E-state index in [4.69, 9.17) is 0 Å². The van der Waals surface area contributed by atoms with Gasteiger partial charge in [-0.25, -0.2) is 4.90 Å². The van der Waals surface area contributed by atoms with E-state index >= 15 is 0 Å². The van der Waals surface area contributed by atoms with Crippen LogP contribution in [0.5, 0.6) is 11.5 Å². The molecule has 0 fully saturated rings. The zero-order valence-electron chi connectivity index (χ0n) is 14.1. The number of hydrogen-bond acceptors (Lipinski definition) is 6. The molecule has 2 aromatic carbocycles. The molecule has 0 aromatic heterocycles. The van der Waals surface area contributed by atoms with E-state index in [1.165, 1.54) is 0 Å². The van der Waals surface area contributed by atoms with E-state index in [1.807, 2.05) is 0 Å². The third kappa shape index (κ3) is 3.90. The van der Waals surface area contributed by atoms with Crippen LogP contribution in [0.4, 0.5) is 32.0 Å². The fourth-order valence-corrected chi connectivity index (χ4v) is 2.99. The van der Waals surface area contributed by atoms with Gasteiger partial charge < -0.3 is 8.92 Å². The number of carbonyl (C=O) groups excluding carboxylic acids is 2. The molecule has 0 saturated carbocycles. The minimum atomic E-state index is -6.12. The highest BCUT2D eigenvalue weighted by atomic mass is 32.2. The van der Waals surface area contributed by atoms with Crippen molar-refractivity contribution in [1.29, 1.82) is 0 Å². The van der Waals surface area contributed by atoms with Gasteiger partial charge in [-0.2, -0.15) is 21.6 Å². The van der Waals surface area contributed by atoms with Crippen LogP contribution < -0.4 is 13.8 Å². The second kappa shape index (κ2) is 6.90. The topological polar surface area (TPSA) is 90.0 Å². The molecular formula is C16H7F6NO6S. The summed E-state index contributed by atoms with van der Waals surface area (Å²) >= 11 is 0. The van der Waals surface area contributed by atoms with Gasteiger partial charge in [0.05, 0.1) is 16.8 Å². The number of alkyl halides is 6. The van der Waals surface area contributed by atoms with Gasteiger partial charge in [-0.05, 0) is 36.4 Å². The molecular weight excluding hydrogens is 448 g/mol. The number of fused-ring (bicyclic) bond motifs is 1. The zero-order valence-corrected chi connectivity index (χ0v) is 14.9. The van der Waals surface area contributed by atoms with Gasteiger partial charge in [0.25, 0.3) is 11.8 Å². The van der Waals surface area contributed by atoms with Crippen LogP contribution in [0.3, 0.4) is 0 Å². The van der Waals surface area contributed by atoms with E-state index in [9.17, 15) is 44.3 Å². The summed E-state index contributed by atoms with van der Waals surface area (Å²) in [6, 6.07) is 6.25. The van der Waals surface area contributed by atoms with Crippen LogP contribution in [-0.2, 0) is 10.1 Å². The summed E-state index contributed by atoms with van der Waals surface area (Å²) in [5.41, 5.74) is -7.22. The number of imide groups is 1. The SMILES string of the molecule is O=C1c2cccc(OS(=O)(=O)C(F)(F)F)c2C(=O)N1c1ccc(OC(F)(F)F)cc1. The van der Waals surface area contributed by atoms with Crippen LogP contribution in [0.1, 0.15) is 20.7 Å². The molecule has 1 aliphatic heterocycles. The maximum absolute atomic E-state index is 12.6. The molecule has 0 saturated heterocycles. The van der Waals surface area contributed by atoms with Gasteiger partial charge in [-0.1, -0.05) is 6.07 Å². The van der Waals surface area contributed by atoms with Crippen molar-refractivity contribution in [3.8, 4) is 11.5 Å². The Kier molecular flexibility index (Phi) is 4.92. The van der Waals surface area contributed by atoms with Gasteiger partial charge >= 0.3 is 22.0 Å². The van der Waals surface area contributed by atoms with E-state index in [-0.39, 0.29) is 5.69 Å². The van der Waals surface area contributed by atoms with Crippen molar-refractivity contribution in [2.24, 2.45) is 0 Å². The number of ether oxygens (including phenoxy) is 1. The third-order valence-electron chi connectivity index (χ3n) is 3.69. The zero-order chi connectivity index (χ0) is 22.5. The average Bonchev–Trinajstić information content (AvgIpc) is 2.85. The van der Waals surface area contributed by atoms with E-state index in [0.717, 1.165) is 42.5 Å². The fraction of sp³-hybridized carbons (Fsp3) is 0.125. The third-order valence-corrected chi connectivity index (χ3v) is 4.65. The standard InChI is InChI=1S/C16H7F6NO6S/c17-15(18,19)28-9-6-4-8(5-7-9)23-13(24)10-2-1-3-11(12(10)14(23)25)29-30(26,27)16(20,21)22/h1-7H. The predicted octanol–water partition coefficient (Wildman–Crippen LogP) is 3.61. The van der Waals surface area contributed by atoms with Crippen molar-refractivity contribution < 1.29 is 53.3 Å². The van der Waals surface area contributed by atoms with Gasteiger partial charge in [0.2, 0.25) is 0 Å². The van der Waals surface area contributed by atoms with E-state index in [1.54, 1.807) is 0 Å². The van der Waals surface area contributed by atoms with Crippen LogP contribution in [0.2, 0.25) is 0 Å².